The summed E-state index contributed by atoms with van der Waals surface area (Å²) in [6, 6.07) is 9.74. The second-order valence-corrected chi connectivity index (χ2v) is 6.47. The van der Waals surface area contributed by atoms with Gasteiger partial charge in [-0.2, -0.15) is 5.10 Å². The summed E-state index contributed by atoms with van der Waals surface area (Å²) in [5.41, 5.74) is 3.22. The van der Waals surface area contributed by atoms with Crippen LogP contribution in [0.3, 0.4) is 0 Å². The summed E-state index contributed by atoms with van der Waals surface area (Å²) in [5, 5.41) is 6.94. The summed E-state index contributed by atoms with van der Waals surface area (Å²) < 4.78 is 7.57. The number of hydrogen-bond acceptors (Lipinski definition) is 5. The molecule has 140 valence electrons. The first-order valence-electron chi connectivity index (χ1n) is 8.89. The Morgan fingerprint density at radius 2 is 2.00 bits per heavy atom. The van der Waals surface area contributed by atoms with Crippen LogP contribution in [0.15, 0.2) is 49.2 Å². The van der Waals surface area contributed by atoms with Crippen LogP contribution in [0.1, 0.15) is 29.5 Å². The Morgan fingerprint density at radius 3 is 2.74 bits per heavy atom. The van der Waals surface area contributed by atoms with Gasteiger partial charge < -0.3 is 10.1 Å². The van der Waals surface area contributed by atoms with Crippen LogP contribution in [0.4, 0.5) is 0 Å². The lowest BCUT2D eigenvalue weighted by Crippen LogP contribution is -2.22. The third kappa shape index (κ3) is 5.91. The first-order chi connectivity index (χ1) is 13.1. The van der Waals surface area contributed by atoms with Crippen molar-refractivity contribution < 1.29 is 9.53 Å². The molecule has 1 N–H and O–H groups in total. The zero-order valence-electron chi connectivity index (χ0n) is 15.6. The van der Waals surface area contributed by atoms with E-state index in [-0.39, 0.29) is 5.91 Å². The number of amides is 1. The van der Waals surface area contributed by atoms with E-state index >= 15 is 0 Å². The first kappa shape index (κ1) is 18.6. The van der Waals surface area contributed by atoms with Crippen molar-refractivity contribution in [2.24, 2.45) is 0 Å². The molecule has 2 aromatic heterocycles. The molecule has 27 heavy (non-hydrogen) atoms. The molecule has 0 saturated heterocycles. The number of carbonyl (C=O) groups is 1. The second kappa shape index (κ2) is 8.93. The van der Waals surface area contributed by atoms with Gasteiger partial charge in [-0.25, -0.2) is 9.97 Å². The largest absolute Gasteiger partial charge is 0.439 e. The number of aromatic nitrogens is 4. The Labute approximate surface area is 158 Å². The topological polar surface area (TPSA) is 81.9 Å². The molecule has 2 heterocycles. The fraction of sp³-hybridized carbons (Fsp3) is 0.300. The maximum Gasteiger partial charge on any atom is 0.220 e. The highest BCUT2D eigenvalue weighted by Crippen LogP contribution is 2.22. The minimum atomic E-state index is 0.00343. The van der Waals surface area contributed by atoms with E-state index in [1.807, 2.05) is 38.1 Å². The number of carbonyl (C=O) groups excluding carboxylic acids is 1. The summed E-state index contributed by atoms with van der Waals surface area (Å²) in [7, 11) is 0. The van der Waals surface area contributed by atoms with Crippen LogP contribution in [-0.2, 0) is 17.9 Å². The first-order valence-corrected chi connectivity index (χ1v) is 8.89. The summed E-state index contributed by atoms with van der Waals surface area (Å²) in [4.78, 5) is 20.1. The van der Waals surface area contributed by atoms with E-state index < -0.39 is 0 Å². The minimum absolute atomic E-state index is 0.00343. The Bertz CT molecular complexity index is 873. The molecule has 0 bridgehead atoms. The molecule has 0 spiro atoms. The SMILES string of the molecule is Cc1cc(C)cc(Oc2cc(CNC(=O)CCCn3cncn3)ccn2)c1. The summed E-state index contributed by atoms with van der Waals surface area (Å²) in [6.45, 7) is 5.18. The van der Waals surface area contributed by atoms with Crippen molar-refractivity contribution in [1.82, 2.24) is 25.1 Å². The highest BCUT2D eigenvalue weighted by atomic mass is 16.5. The predicted molar refractivity (Wildman–Crippen MR) is 101 cm³/mol. The average Bonchev–Trinajstić information content (AvgIpc) is 3.13. The zero-order valence-corrected chi connectivity index (χ0v) is 15.6. The van der Waals surface area contributed by atoms with Gasteiger partial charge in [-0.1, -0.05) is 6.07 Å². The molecule has 3 rings (SSSR count). The molecule has 0 aliphatic heterocycles. The molecule has 0 aliphatic rings. The van der Waals surface area contributed by atoms with Crippen molar-refractivity contribution in [2.75, 3.05) is 0 Å². The molecule has 7 nitrogen and oxygen atoms in total. The van der Waals surface area contributed by atoms with Crippen LogP contribution >= 0.6 is 0 Å². The third-order valence-electron chi connectivity index (χ3n) is 3.96. The van der Waals surface area contributed by atoms with Crippen molar-refractivity contribution >= 4 is 5.91 Å². The molecular weight excluding hydrogens is 342 g/mol. The van der Waals surface area contributed by atoms with Crippen molar-refractivity contribution in [3.05, 3.63) is 65.9 Å². The molecule has 1 aromatic carbocycles. The number of pyridine rings is 1. The molecule has 7 heteroatoms. The Morgan fingerprint density at radius 1 is 1.19 bits per heavy atom. The number of aryl methyl sites for hydroxylation is 3. The molecule has 0 radical (unpaired) electrons. The van der Waals surface area contributed by atoms with Gasteiger partial charge in [0.1, 0.15) is 18.4 Å². The quantitative estimate of drug-likeness (QED) is 0.663. The lowest BCUT2D eigenvalue weighted by molar-refractivity contribution is -0.121. The number of nitrogens with one attached hydrogen (secondary N) is 1. The smallest absolute Gasteiger partial charge is 0.220 e. The van der Waals surface area contributed by atoms with Crippen molar-refractivity contribution in [3.8, 4) is 11.6 Å². The predicted octanol–water partition coefficient (Wildman–Crippen LogP) is 3.18. The van der Waals surface area contributed by atoms with Crippen LogP contribution in [0.25, 0.3) is 0 Å². The van der Waals surface area contributed by atoms with Gasteiger partial charge in [0.25, 0.3) is 0 Å². The van der Waals surface area contributed by atoms with Gasteiger partial charge in [0.15, 0.2) is 0 Å². The standard InChI is InChI=1S/C20H23N5O2/c1-15-8-16(2)10-18(9-15)27-20-11-17(5-6-22-20)12-23-19(26)4-3-7-25-14-21-13-24-25/h5-6,8-11,13-14H,3-4,7,12H2,1-2H3,(H,23,26). The molecule has 0 atom stereocenters. The van der Waals surface area contributed by atoms with E-state index in [1.54, 1.807) is 17.2 Å². The van der Waals surface area contributed by atoms with E-state index in [0.717, 1.165) is 22.4 Å². The van der Waals surface area contributed by atoms with Crippen molar-refractivity contribution in [2.45, 2.75) is 39.8 Å². The lowest BCUT2D eigenvalue weighted by atomic mass is 10.1. The van der Waals surface area contributed by atoms with Gasteiger partial charge in [-0.05, 0) is 55.2 Å². The van der Waals surface area contributed by atoms with Gasteiger partial charge in [-0.15, -0.1) is 0 Å². The van der Waals surface area contributed by atoms with E-state index in [0.29, 0.717) is 31.8 Å². The molecule has 1 amide bonds. The van der Waals surface area contributed by atoms with Gasteiger partial charge in [0.2, 0.25) is 11.8 Å². The summed E-state index contributed by atoms with van der Waals surface area (Å²) in [6.07, 6.45) is 5.97. The number of rotatable bonds is 8. The average molecular weight is 365 g/mol. The van der Waals surface area contributed by atoms with E-state index in [9.17, 15) is 4.79 Å². The fourth-order valence-electron chi connectivity index (χ4n) is 2.77. The molecular formula is C20H23N5O2. The molecule has 0 unspecified atom stereocenters. The third-order valence-corrected chi connectivity index (χ3v) is 3.96. The Hall–Kier alpha value is -3.22. The van der Waals surface area contributed by atoms with Gasteiger partial charge >= 0.3 is 0 Å². The Balaban J connectivity index is 1.49. The molecule has 0 fully saturated rings. The monoisotopic (exact) mass is 365 g/mol. The lowest BCUT2D eigenvalue weighted by Gasteiger charge is -2.09. The maximum atomic E-state index is 12.0. The minimum Gasteiger partial charge on any atom is -0.439 e. The second-order valence-electron chi connectivity index (χ2n) is 6.47. The van der Waals surface area contributed by atoms with E-state index in [4.69, 9.17) is 4.74 Å². The number of hydrogen-bond donors (Lipinski definition) is 1. The van der Waals surface area contributed by atoms with Gasteiger partial charge in [0, 0.05) is 31.8 Å². The van der Waals surface area contributed by atoms with Gasteiger partial charge in [-0.3, -0.25) is 9.48 Å². The Kier molecular flexibility index (Phi) is 6.14. The summed E-state index contributed by atoms with van der Waals surface area (Å²) >= 11 is 0. The van der Waals surface area contributed by atoms with Crippen LogP contribution in [-0.4, -0.2) is 25.7 Å². The van der Waals surface area contributed by atoms with Crippen molar-refractivity contribution in [3.63, 3.8) is 0 Å². The van der Waals surface area contributed by atoms with Crippen LogP contribution in [0, 0.1) is 13.8 Å². The van der Waals surface area contributed by atoms with Crippen LogP contribution < -0.4 is 10.1 Å². The fourth-order valence-corrected chi connectivity index (χ4v) is 2.77. The van der Waals surface area contributed by atoms with Gasteiger partial charge in [0.05, 0.1) is 0 Å². The maximum absolute atomic E-state index is 12.0. The highest BCUT2D eigenvalue weighted by molar-refractivity contribution is 5.75. The zero-order chi connectivity index (χ0) is 19.1. The normalized spacial score (nSPS) is 10.6. The highest BCUT2D eigenvalue weighted by Gasteiger charge is 2.05. The number of benzene rings is 1. The number of ether oxygens (including phenoxy) is 1. The molecule has 3 aromatic rings. The van der Waals surface area contributed by atoms with E-state index in [2.05, 4.69) is 26.4 Å². The van der Waals surface area contributed by atoms with Crippen molar-refractivity contribution in [1.29, 1.82) is 0 Å². The number of nitrogens with zero attached hydrogens (tertiary/aromatic N) is 4. The van der Waals surface area contributed by atoms with Crippen LogP contribution in [0.5, 0.6) is 11.6 Å². The summed E-state index contributed by atoms with van der Waals surface area (Å²) in [5.74, 6) is 1.27. The molecule has 0 aliphatic carbocycles. The van der Waals surface area contributed by atoms with Crippen LogP contribution in [0.2, 0.25) is 0 Å². The van der Waals surface area contributed by atoms with E-state index in [1.165, 1.54) is 6.33 Å². The molecule has 0 saturated carbocycles.